The van der Waals surface area contributed by atoms with Crippen molar-refractivity contribution < 1.29 is 17.9 Å². The quantitative estimate of drug-likeness (QED) is 0.895. The van der Waals surface area contributed by atoms with E-state index in [4.69, 9.17) is 4.74 Å². The summed E-state index contributed by atoms with van der Waals surface area (Å²) in [6.45, 7) is 2.30. The fourth-order valence-electron chi connectivity index (χ4n) is 3.59. The molecule has 1 saturated carbocycles. The highest BCUT2D eigenvalue weighted by Gasteiger charge is 2.75. The average molecular weight is 372 g/mol. The van der Waals surface area contributed by atoms with Gasteiger partial charge in [0.25, 0.3) is 0 Å². The van der Waals surface area contributed by atoms with E-state index in [-0.39, 0.29) is 5.92 Å². The van der Waals surface area contributed by atoms with Gasteiger partial charge in [0.15, 0.2) is 4.75 Å². The topological polar surface area (TPSA) is 75.7 Å². The predicted molar refractivity (Wildman–Crippen MR) is 99.9 cm³/mol. The molecule has 1 aliphatic carbocycles. The van der Waals surface area contributed by atoms with Crippen LogP contribution < -0.4 is 14.4 Å². The number of nitrogens with zero attached hydrogens (tertiary/aromatic N) is 1. The van der Waals surface area contributed by atoms with Crippen molar-refractivity contribution in [3.05, 3.63) is 54.1 Å². The van der Waals surface area contributed by atoms with Crippen LogP contribution in [0.25, 0.3) is 0 Å². The summed E-state index contributed by atoms with van der Waals surface area (Å²) >= 11 is 0. The second kappa shape index (κ2) is 5.74. The summed E-state index contributed by atoms with van der Waals surface area (Å²) < 4.78 is 31.3. The number of benzene rings is 2. The SMILES string of the molecule is COc1ccc(NC(=O)[C@]23C[C@H]2CN(c2ccc(C)cc2)S3(=O)=O)cc1. The Kier molecular flexibility index (Phi) is 3.73. The zero-order chi connectivity index (χ0) is 18.5. The lowest BCUT2D eigenvalue weighted by Crippen LogP contribution is -2.42. The van der Waals surface area contributed by atoms with Crippen LogP contribution in [-0.4, -0.2) is 32.7 Å². The molecule has 2 atom stereocenters. The first-order valence-electron chi connectivity index (χ1n) is 8.43. The number of sulfonamides is 1. The van der Waals surface area contributed by atoms with Gasteiger partial charge in [0, 0.05) is 18.2 Å². The molecule has 7 heteroatoms. The maximum absolute atomic E-state index is 13.1. The van der Waals surface area contributed by atoms with Gasteiger partial charge in [-0.3, -0.25) is 9.10 Å². The fourth-order valence-corrected chi connectivity index (χ4v) is 5.95. The second-order valence-corrected chi connectivity index (χ2v) is 8.96. The Hall–Kier alpha value is -2.54. The van der Waals surface area contributed by atoms with Crippen molar-refractivity contribution in [1.29, 1.82) is 0 Å². The molecular weight excluding hydrogens is 352 g/mol. The van der Waals surface area contributed by atoms with E-state index in [1.807, 2.05) is 19.1 Å². The van der Waals surface area contributed by atoms with Gasteiger partial charge in [-0.2, -0.15) is 0 Å². The van der Waals surface area contributed by atoms with Gasteiger partial charge in [-0.05, 0) is 49.7 Å². The highest BCUT2D eigenvalue weighted by Crippen LogP contribution is 2.58. The molecule has 0 unspecified atom stereocenters. The summed E-state index contributed by atoms with van der Waals surface area (Å²) in [5.41, 5.74) is 2.22. The molecule has 0 bridgehead atoms. The summed E-state index contributed by atoms with van der Waals surface area (Å²) in [5, 5.41) is 2.75. The Morgan fingerprint density at radius 3 is 2.42 bits per heavy atom. The minimum atomic E-state index is -3.75. The highest BCUT2D eigenvalue weighted by atomic mass is 32.2. The van der Waals surface area contributed by atoms with Gasteiger partial charge >= 0.3 is 0 Å². The zero-order valence-corrected chi connectivity index (χ0v) is 15.4. The molecule has 1 aliphatic heterocycles. The standard InChI is InChI=1S/C19H20N2O4S/c1-13-3-7-16(8-4-13)21-12-14-11-19(14,26(21,23)24)18(22)20-15-5-9-17(25-2)10-6-15/h3-10,14H,11-12H2,1-2H3,(H,20,22)/t14-,19-/m0/s1. The van der Waals surface area contributed by atoms with E-state index in [1.54, 1.807) is 43.5 Å². The molecule has 1 saturated heterocycles. The number of amides is 1. The normalized spacial score (nSPS) is 25.5. The number of methoxy groups -OCH3 is 1. The molecule has 26 heavy (non-hydrogen) atoms. The van der Waals surface area contributed by atoms with E-state index in [2.05, 4.69) is 5.32 Å². The van der Waals surface area contributed by atoms with Crippen LogP contribution >= 0.6 is 0 Å². The number of fused-ring (bicyclic) bond motifs is 1. The minimum absolute atomic E-state index is 0.174. The van der Waals surface area contributed by atoms with Crippen LogP contribution in [0, 0.1) is 12.8 Å². The molecule has 0 aromatic heterocycles. The van der Waals surface area contributed by atoms with Gasteiger partial charge in [0.1, 0.15) is 5.75 Å². The number of rotatable bonds is 4. The summed E-state index contributed by atoms with van der Waals surface area (Å²) in [6, 6.07) is 14.2. The smallest absolute Gasteiger partial charge is 0.250 e. The second-order valence-electron chi connectivity index (χ2n) is 6.84. The first-order chi connectivity index (χ1) is 12.4. The number of ether oxygens (including phenoxy) is 1. The first kappa shape index (κ1) is 16.9. The lowest BCUT2D eigenvalue weighted by atomic mass is 10.2. The molecule has 2 aliphatic rings. The lowest BCUT2D eigenvalue weighted by molar-refractivity contribution is -0.116. The van der Waals surface area contributed by atoms with Crippen LogP contribution in [-0.2, 0) is 14.8 Å². The van der Waals surface area contributed by atoms with Crippen LogP contribution in [0.1, 0.15) is 12.0 Å². The fraction of sp³-hybridized carbons (Fsp3) is 0.316. The van der Waals surface area contributed by atoms with Crippen molar-refractivity contribution in [3.8, 4) is 5.75 Å². The Morgan fingerprint density at radius 1 is 1.15 bits per heavy atom. The molecule has 0 spiro atoms. The van der Waals surface area contributed by atoms with Crippen LogP contribution in [0.4, 0.5) is 11.4 Å². The van der Waals surface area contributed by atoms with Crippen molar-refractivity contribution in [2.45, 2.75) is 18.1 Å². The van der Waals surface area contributed by atoms with E-state index in [1.165, 1.54) is 4.31 Å². The number of nitrogens with one attached hydrogen (secondary N) is 1. The van der Waals surface area contributed by atoms with Crippen molar-refractivity contribution in [2.24, 2.45) is 5.92 Å². The summed E-state index contributed by atoms with van der Waals surface area (Å²) in [6.07, 6.45) is 0.375. The maximum Gasteiger partial charge on any atom is 0.250 e. The van der Waals surface area contributed by atoms with Gasteiger partial charge in [0.05, 0.1) is 12.8 Å². The Balaban J connectivity index is 1.58. The minimum Gasteiger partial charge on any atom is -0.497 e. The van der Waals surface area contributed by atoms with Crippen LogP contribution in [0.3, 0.4) is 0 Å². The van der Waals surface area contributed by atoms with E-state index < -0.39 is 20.7 Å². The monoisotopic (exact) mass is 372 g/mol. The number of carbonyl (C=O) groups is 1. The molecule has 1 amide bonds. The Bertz CT molecular complexity index is 954. The molecule has 4 rings (SSSR count). The van der Waals surface area contributed by atoms with Gasteiger partial charge in [0.2, 0.25) is 15.9 Å². The lowest BCUT2D eigenvalue weighted by Gasteiger charge is -2.23. The van der Waals surface area contributed by atoms with Gasteiger partial charge in [-0.25, -0.2) is 8.42 Å². The van der Waals surface area contributed by atoms with Gasteiger partial charge in [-0.1, -0.05) is 17.7 Å². The highest BCUT2D eigenvalue weighted by molar-refractivity contribution is 7.95. The number of hydrogen-bond acceptors (Lipinski definition) is 4. The molecule has 1 N–H and O–H groups in total. The van der Waals surface area contributed by atoms with Crippen molar-refractivity contribution in [1.82, 2.24) is 0 Å². The molecule has 1 heterocycles. The number of anilines is 2. The number of hydrogen-bond donors (Lipinski definition) is 1. The summed E-state index contributed by atoms with van der Waals surface area (Å²) in [4.78, 5) is 12.8. The molecule has 6 nitrogen and oxygen atoms in total. The first-order valence-corrected chi connectivity index (χ1v) is 9.87. The predicted octanol–water partition coefficient (Wildman–Crippen LogP) is 2.55. The average Bonchev–Trinajstić information content (AvgIpc) is 3.32. The van der Waals surface area contributed by atoms with E-state index in [9.17, 15) is 13.2 Å². The van der Waals surface area contributed by atoms with Crippen molar-refractivity contribution in [3.63, 3.8) is 0 Å². The third kappa shape index (κ3) is 2.38. The van der Waals surface area contributed by atoms with Crippen LogP contribution in [0.15, 0.2) is 48.5 Å². The van der Waals surface area contributed by atoms with Crippen molar-refractivity contribution in [2.75, 3.05) is 23.3 Å². The molecule has 2 aromatic rings. The number of aryl methyl sites for hydroxylation is 1. The van der Waals surface area contributed by atoms with Crippen molar-refractivity contribution >= 4 is 27.3 Å². The number of carbonyl (C=O) groups excluding carboxylic acids is 1. The Morgan fingerprint density at radius 2 is 1.81 bits per heavy atom. The summed E-state index contributed by atoms with van der Waals surface area (Å²) in [7, 11) is -2.19. The molecule has 136 valence electrons. The molecule has 0 radical (unpaired) electrons. The third-order valence-electron chi connectivity index (χ3n) is 5.24. The van der Waals surface area contributed by atoms with E-state index >= 15 is 0 Å². The molecule has 2 aromatic carbocycles. The summed E-state index contributed by atoms with van der Waals surface area (Å²) in [5.74, 6) is 0.0406. The largest absolute Gasteiger partial charge is 0.497 e. The zero-order valence-electron chi connectivity index (χ0n) is 14.6. The molecular formula is C19H20N2O4S. The van der Waals surface area contributed by atoms with Gasteiger partial charge < -0.3 is 10.1 Å². The van der Waals surface area contributed by atoms with Crippen LogP contribution in [0.2, 0.25) is 0 Å². The molecule has 2 fully saturated rings. The van der Waals surface area contributed by atoms with Crippen LogP contribution in [0.5, 0.6) is 5.75 Å². The third-order valence-corrected chi connectivity index (χ3v) is 7.79. The maximum atomic E-state index is 13.1. The van der Waals surface area contributed by atoms with Gasteiger partial charge in [-0.15, -0.1) is 0 Å². The van der Waals surface area contributed by atoms with E-state index in [0.29, 0.717) is 30.1 Å². The van der Waals surface area contributed by atoms with E-state index in [0.717, 1.165) is 5.56 Å². The Labute approximate surface area is 152 Å².